The van der Waals surface area contributed by atoms with E-state index in [0.29, 0.717) is 0 Å². The molecule has 0 saturated heterocycles. The summed E-state index contributed by atoms with van der Waals surface area (Å²) < 4.78 is 3.82. The van der Waals surface area contributed by atoms with E-state index in [0.717, 1.165) is 17.9 Å². The molecule has 3 rings (SSSR count). The highest BCUT2D eigenvalue weighted by Gasteiger charge is 2.06. The number of hydrogen-bond acceptors (Lipinski definition) is 2. The van der Waals surface area contributed by atoms with Gasteiger partial charge in [0.05, 0.1) is 11.4 Å². The second kappa shape index (κ2) is 4.72. The van der Waals surface area contributed by atoms with Crippen LogP contribution in [0.4, 0.5) is 0 Å². The number of benzene rings is 1. The van der Waals surface area contributed by atoms with E-state index in [2.05, 4.69) is 47.6 Å². The van der Waals surface area contributed by atoms with Crippen molar-refractivity contribution in [3.05, 3.63) is 54.6 Å². The molecule has 0 atom stereocenters. The van der Waals surface area contributed by atoms with Crippen molar-refractivity contribution in [1.82, 2.24) is 19.6 Å². The highest BCUT2D eigenvalue weighted by molar-refractivity contribution is 5.66. The molecule has 0 bridgehead atoms. The second-order valence-corrected chi connectivity index (χ2v) is 4.48. The first-order valence-electron chi connectivity index (χ1n) is 6.42. The molecule has 2 aromatic heterocycles. The SMILES string of the molecule is CCn1cc(-c2ccc(-n3cccn3)cc2)c(C)n1. The molecule has 96 valence electrons. The fraction of sp³-hybridized carbons (Fsp3) is 0.200. The molecule has 0 unspecified atom stereocenters. The van der Waals surface area contributed by atoms with E-state index in [1.807, 2.05) is 28.6 Å². The smallest absolute Gasteiger partial charge is 0.0672 e. The molecule has 1 aromatic carbocycles. The van der Waals surface area contributed by atoms with Gasteiger partial charge < -0.3 is 0 Å². The van der Waals surface area contributed by atoms with Crippen LogP contribution in [0.2, 0.25) is 0 Å². The molecule has 0 amide bonds. The van der Waals surface area contributed by atoms with Crippen molar-refractivity contribution in [2.24, 2.45) is 0 Å². The monoisotopic (exact) mass is 252 g/mol. The second-order valence-electron chi connectivity index (χ2n) is 4.48. The molecule has 3 aromatic rings. The Morgan fingerprint density at radius 3 is 2.53 bits per heavy atom. The summed E-state index contributed by atoms with van der Waals surface area (Å²) in [5.74, 6) is 0. The molecule has 0 aliphatic carbocycles. The molecule has 0 aliphatic rings. The number of hydrogen-bond donors (Lipinski definition) is 0. The molecule has 2 heterocycles. The van der Waals surface area contributed by atoms with Gasteiger partial charge in [-0.1, -0.05) is 12.1 Å². The Hall–Kier alpha value is -2.36. The van der Waals surface area contributed by atoms with Crippen LogP contribution in [0.3, 0.4) is 0 Å². The van der Waals surface area contributed by atoms with Gasteiger partial charge in [0.15, 0.2) is 0 Å². The van der Waals surface area contributed by atoms with Crippen LogP contribution in [-0.2, 0) is 6.54 Å². The summed E-state index contributed by atoms with van der Waals surface area (Å²) in [5.41, 5.74) is 4.50. The summed E-state index contributed by atoms with van der Waals surface area (Å²) in [6.45, 7) is 5.03. The zero-order valence-electron chi connectivity index (χ0n) is 11.1. The third-order valence-corrected chi connectivity index (χ3v) is 3.22. The van der Waals surface area contributed by atoms with Crippen LogP contribution in [0.15, 0.2) is 48.9 Å². The van der Waals surface area contributed by atoms with Crippen molar-refractivity contribution in [2.45, 2.75) is 20.4 Å². The Kier molecular flexibility index (Phi) is 2.91. The largest absolute Gasteiger partial charge is 0.272 e. The van der Waals surface area contributed by atoms with Crippen LogP contribution in [0, 0.1) is 6.92 Å². The third-order valence-electron chi connectivity index (χ3n) is 3.22. The molecule has 0 aliphatic heterocycles. The predicted octanol–water partition coefficient (Wildman–Crippen LogP) is 3.06. The minimum absolute atomic E-state index is 0.895. The summed E-state index contributed by atoms with van der Waals surface area (Å²) in [5, 5.41) is 8.70. The van der Waals surface area contributed by atoms with Gasteiger partial charge in [-0.3, -0.25) is 4.68 Å². The van der Waals surface area contributed by atoms with Crippen LogP contribution in [-0.4, -0.2) is 19.6 Å². The average Bonchev–Trinajstić information content (AvgIpc) is 3.08. The van der Waals surface area contributed by atoms with Gasteiger partial charge in [0.1, 0.15) is 0 Å². The summed E-state index contributed by atoms with van der Waals surface area (Å²) in [4.78, 5) is 0. The summed E-state index contributed by atoms with van der Waals surface area (Å²) in [6, 6.07) is 10.3. The molecular formula is C15H16N4. The Morgan fingerprint density at radius 2 is 1.95 bits per heavy atom. The van der Waals surface area contributed by atoms with E-state index < -0.39 is 0 Å². The molecule has 19 heavy (non-hydrogen) atoms. The van der Waals surface area contributed by atoms with E-state index in [4.69, 9.17) is 0 Å². The summed E-state index contributed by atoms with van der Waals surface area (Å²) in [7, 11) is 0. The molecular weight excluding hydrogens is 236 g/mol. The van der Waals surface area contributed by atoms with Crippen molar-refractivity contribution in [3.63, 3.8) is 0 Å². The van der Waals surface area contributed by atoms with Gasteiger partial charge in [-0.2, -0.15) is 10.2 Å². The van der Waals surface area contributed by atoms with E-state index >= 15 is 0 Å². The van der Waals surface area contributed by atoms with Crippen LogP contribution < -0.4 is 0 Å². The topological polar surface area (TPSA) is 35.6 Å². The first kappa shape index (κ1) is 11.7. The standard InChI is InChI=1S/C15H16N4/c1-3-18-11-15(12(2)17-18)13-5-7-14(8-6-13)19-10-4-9-16-19/h4-11H,3H2,1-2H3. The van der Waals surface area contributed by atoms with Crippen molar-refractivity contribution < 1.29 is 0 Å². The molecule has 0 spiro atoms. The quantitative estimate of drug-likeness (QED) is 0.718. The third kappa shape index (κ3) is 2.17. The molecule has 0 N–H and O–H groups in total. The van der Waals surface area contributed by atoms with Crippen molar-refractivity contribution in [1.29, 1.82) is 0 Å². The lowest BCUT2D eigenvalue weighted by molar-refractivity contribution is 0.653. The Labute approximate surface area is 112 Å². The number of nitrogens with zero attached hydrogens (tertiary/aromatic N) is 4. The number of aromatic nitrogens is 4. The van der Waals surface area contributed by atoms with Crippen LogP contribution in [0.1, 0.15) is 12.6 Å². The minimum atomic E-state index is 0.895. The van der Waals surface area contributed by atoms with Crippen LogP contribution in [0.25, 0.3) is 16.8 Å². The van der Waals surface area contributed by atoms with Gasteiger partial charge in [-0.05, 0) is 37.6 Å². The highest BCUT2D eigenvalue weighted by Crippen LogP contribution is 2.23. The van der Waals surface area contributed by atoms with E-state index in [1.165, 1.54) is 11.1 Å². The maximum atomic E-state index is 4.48. The molecule has 0 saturated carbocycles. The average molecular weight is 252 g/mol. The Morgan fingerprint density at radius 1 is 1.16 bits per heavy atom. The lowest BCUT2D eigenvalue weighted by Gasteiger charge is -2.03. The van der Waals surface area contributed by atoms with Gasteiger partial charge in [-0.25, -0.2) is 4.68 Å². The van der Waals surface area contributed by atoms with E-state index in [-0.39, 0.29) is 0 Å². The fourth-order valence-electron chi connectivity index (χ4n) is 2.18. The van der Waals surface area contributed by atoms with Gasteiger partial charge in [-0.15, -0.1) is 0 Å². The number of aryl methyl sites for hydroxylation is 2. The van der Waals surface area contributed by atoms with Gasteiger partial charge >= 0.3 is 0 Å². The predicted molar refractivity (Wildman–Crippen MR) is 75.2 cm³/mol. The normalized spacial score (nSPS) is 10.8. The minimum Gasteiger partial charge on any atom is -0.272 e. The molecule has 4 heteroatoms. The van der Waals surface area contributed by atoms with Crippen LogP contribution in [0.5, 0.6) is 0 Å². The van der Waals surface area contributed by atoms with Crippen molar-refractivity contribution in [3.8, 4) is 16.8 Å². The maximum Gasteiger partial charge on any atom is 0.0672 e. The zero-order valence-corrected chi connectivity index (χ0v) is 11.1. The van der Waals surface area contributed by atoms with Crippen molar-refractivity contribution >= 4 is 0 Å². The Bertz CT molecular complexity index is 663. The zero-order chi connectivity index (χ0) is 13.2. The first-order valence-corrected chi connectivity index (χ1v) is 6.42. The van der Waals surface area contributed by atoms with Gasteiger partial charge in [0.25, 0.3) is 0 Å². The lowest BCUT2D eigenvalue weighted by Crippen LogP contribution is -1.93. The first-order chi connectivity index (χ1) is 9.28. The molecule has 0 fully saturated rings. The van der Waals surface area contributed by atoms with E-state index in [9.17, 15) is 0 Å². The van der Waals surface area contributed by atoms with Gasteiger partial charge in [0.2, 0.25) is 0 Å². The summed E-state index contributed by atoms with van der Waals surface area (Å²) >= 11 is 0. The fourth-order valence-corrected chi connectivity index (χ4v) is 2.18. The Balaban J connectivity index is 1.96. The summed E-state index contributed by atoms with van der Waals surface area (Å²) in [6.07, 6.45) is 5.82. The molecule has 4 nitrogen and oxygen atoms in total. The lowest BCUT2D eigenvalue weighted by atomic mass is 10.1. The maximum absolute atomic E-state index is 4.48. The van der Waals surface area contributed by atoms with Crippen molar-refractivity contribution in [2.75, 3.05) is 0 Å². The highest BCUT2D eigenvalue weighted by atomic mass is 15.3. The molecule has 0 radical (unpaired) electrons. The number of rotatable bonds is 3. The van der Waals surface area contributed by atoms with Crippen LogP contribution >= 0.6 is 0 Å². The van der Waals surface area contributed by atoms with Gasteiger partial charge in [0, 0.05) is 30.7 Å². The van der Waals surface area contributed by atoms with E-state index in [1.54, 1.807) is 6.20 Å².